The summed E-state index contributed by atoms with van der Waals surface area (Å²) in [7, 11) is 0. The first-order chi connectivity index (χ1) is 6.14. The molecule has 74 valence electrons. The maximum Gasteiger partial charge on any atom is 0.282 e. The van der Waals surface area contributed by atoms with Gasteiger partial charge in [-0.1, -0.05) is 0 Å². The second-order valence-corrected chi connectivity index (χ2v) is 2.59. The smallest absolute Gasteiger partial charge is 0.282 e. The summed E-state index contributed by atoms with van der Waals surface area (Å²) in [5.74, 6) is -2.60. The highest BCUT2D eigenvalue weighted by Crippen LogP contribution is 2.10. The quantitative estimate of drug-likeness (QED) is 0.708. The van der Waals surface area contributed by atoms with Crippen LogP contribution in [-0.4, -0.2) is 29.2 Å². The second kappa shape index (κ2) is 4.29. The summed E-state index contributed by atoms with van der Waals surface area (Å²) in [6.07, 6.45) is 2.66. The van der Waals surface area contributed by atoms with Crippen molar-refractivity contribution in [2.24, 2.45) is 0 Å². The number of halogens is 2. The van der Waals surface area contributed by atoms with Crippen LogP contribution in [0.4, 0.5) is 8.78 Å². The number of aliphatic hydroxyl groups excluding tert-OH is 1. The molecular weight excluding hydrogens is 182 g/mol. The molecule has 0 aliphatic carbocycles. The van der Waals surface area contributed by atoms with Gasteiger partial charge in [0.2, 0.25) is 0 Å². The highest BCUT2D eigenvalue weighted by molar-refractivity contribution is 4.87. The summed E-state index contributed by atoms with van der Waals surface area (Å²) in [5.41, 5.74) is 0. The standard InChI is InChI=1S/C7H10F2N2O2/c8-7(9,4-12)3-10-1-6-2-11-5-13-6/h2,5,10,12H,1,3-4H2. The molecule has 0 amide bonds. The first kappa shape index (κ1) is 10.1. The fraction of sp³-hybridized carbons (Fsp3) is 0.571. The Morgan fingerprint density at radius 2 is 2.38 bits per heavy atom. The highest BCUT2D eigenvalue weighted by atomic mass is 19.3. The van der Waals surface area contributed by atoms with Gasteiger partial charge in [-0.2, -0.15) is 0 Å². The lowest BCUT2D eigenvalue weighted by atomic mass is 10.3. The summed E-state index contributed by atoms with van der Waals surface area (Å²) in [6.45, 7) is -1.56. The summed E-state index contributed by atoms with van der Waals surface area (Å²) >= 11 is 0. The Morgan fingerprint density at radius 3 is 2.92 bits per heavy atom. The van der Waals surface area contributed by atoms with Crippen LogP contribution >= 0.6 is 0 Å². The van der Waals surface area contributed by atoms with Crippen molar-refractivity contribution in [1.29, 1.82) is 0 Å². The van der Waals surface area contributed by atoms with E-state index in [0.717, 1.165) is 0 Å². The molecule has 1 aromatic rings. The predicted molar refractivity (Wildman–Crippen MR) is 40.2 cm³/mol. The average molecular weight is 192 g/mol. The fourth-order valence-electron chi connectivity index (χ4n) is 0.754. The SMILES string of the molecule is OCC(F)(F)CNCc1cnco1. The van der Waals surface area contributed by atoms with Crippen molar-refractivity contribution >= 4 is 0 Å². The van der Waals surface area contributed by atoms with Crippen molar-refractivity contribution in [1.82, 2.24) is 10.3 Å². The van der Waals surface area contributed by atoms with E-state index in [1.807, 2.05) is 0 Å². The van der Waals surface area contributed by atoms with E-state index >= 15 is 0 Å². The highest BCUT2D eigenvalue weighted by Gasteiger charge is 2.26. The van der Waals surface area contributed by atoms with Gasteiger partial charge in [0.15, 0.2) is 6.39 Å². The average Bonchev–Trinajstić information content (AvgIpc) is 2.57. The van der Waals surface area contributed by atoms with Gasteiger partial charge < -0.3 is 14.8 Å². The van der Waals surface area contributed by atoms with Crippen LogP contribution in [0.25, 0.3) is 0 Å². The minimum atomic E-state index is -3.08. The molecule has 1 heterocycles. The van der Waals surface area contributed by atoms with Gasteiger partial charge in [0.1, 0.15) is 12.4 Å². The predicted octanol–water partition coefficient (Wildman–Crippen LogP) is 0.392. The van der Waals surface area contributed by atoms with Crippen LogP contribution in [0, 0.1) is 0 Å². The van der Waals surface area contributed by atoms with Crippen molar-refractivity contribution in [3.63, 3.8) is 0 Å². The normalized spacial score (nSPS) is 11.9. The zero-order valence-corrected chi connectivity index (χ0v) is 6.83. The third kappa shape index (κ3) is 3.47. The second-order valence-electron chi connectivity index (χ2n) is 2.59. The molecule has 6 heteroatoms. The van der Waals surface area contributed by atoms with Crippen molar-refractivity contribution in [2.45, 2.75) is 12.5 Å². The van der Waals surface area contributed by atoms with Crippen LogP contribution < -0.4 is 5.32 Å². The third-order valence-electron chi connectivity index (χ3n) is 1.40. The minimum Gasteiger partial charge on any atom is -0.447 e. The maximum absolute atomic E-state index is 12.4. The number of nitrogens with zero attached hydrogens (tertiary/aromatic N) is 1. The fourth-order valence-corrected chi connectivity index (χ4v) is 0.754. The van der Waals surface area contributed by atoms with E-state index in [9.17, 15) is 8.78 Å². The van der Waals surface area contributed by atoms with Crippen molar-refractivity contribution in [3.8, 4) is 0 Å². The van der Waals surface area contributed by atoms with Gasteiger partial charge in [-0.05, 0) is 0 Å². The Bertz CT molecular complexity index is 239. The van der Waals surface area contributed by atoms with Crippen LogP contribution in [0.1, 0.15) is 5.76 Å². The Balaban J connectivity index is 2.21. The maximum atomic E-state index is 12.4. The minimum absolute atomic E-state index is 0.176. The molecule has 0 atom stereocenters. The van der Waals surface area contributed by atoms with Crippen molar-refractivity contribution < 1.29 is 18.3 Å². The molecule has 0 radical (unpaired) electrons. The number of alkyl halides is 2. The Labute approximate surface area is 73.6 Å². The molecule has 0 saturated carbocycles. The molecule has 13 heavy (non-hydrogen) atoms. The van der Waals surface area contributed by atoms with E-state index in [1.54, 1.807) is 0 Å². The molecule has 1 aromatic heterocycles. The van der Waals surface area contributed by atoms with E-state index in [1.165, 1.54) is 12.6 Å². The molecule has 0 fully saturated rings. The van der Waals surface area contributed by atoms with E-state index in [2.05, 4.69) is 10.3 Å². The number of rotatable bonds is 5. The van der Waals surface area contributed by atoms with Gasteiger partial charge >= 0.3 is 0 Å². The molecule has 0 aromatic carbocycles. The van der Waals surface area contributed by atoms with Gasteiger partial charge in [-0.25, -0.2) is 13.8 Å². The van der Waals surface area contributed by atoms with Crippen LogP contribution in [0.2, 0.25) is 0 Å². The molecule has 4 nitrogen and oxygen atoms in total. The van der Waals surface area contributed by atoms with E-state index in [-0.39, 0.29) is 6.54 Å². The number of hydrogen-bond acceptors (Lipinski definition) is 4. The lowest BCUT2D eigenvalue weighted by Gasteiger charge is -2.12. The molecular formula is C7H10F2N2O2. The van der Waals surface area contributed by atoms with E-state index < -0.39 is 19.1 Å². The first-order valence-corrected chi connectivity index (χ1v) is 3.71. The Kier molecular flexibility index (Phi) is 3.32. The van der Waals surface area contributed by atoms with Crippen molar-refractivity contribution in [2.75, 3.05) is 13.2 Å². The number of aliphatic hydroxyl groups is 1. The monoisotopic (exact) mass is 192 g/mol. The summed E-state index contributed by atoms with van der Waals surface area (Å²) < 4.78 is 29.6. The Morgan fingerprint density at radius 1 is 1.62 bits per heavy atom. The molecule has 0 bridgehead atoms. The van der Waals surface area contributed by atoms with Gasteiger partial charge in [0, 0.05) is 0 Å². The molecule has 0 unspecified atom stereocenters. The summed E-state index contributed by atoms with van der Waals surface area (Å²) in [5, 5.41) is 10.7. The number of hydrogen-bond donors (Lipinski definition) is 2. The third-order valence-corrected chi connectivity index (χ3v) is 1.40. The van der Waals surface area contributed by atoms with Gasteiger partial charge in [0.25, 0.3) is 5.92 Å². The largest absolute Gasteiger partial charge is 0.447 e. The summed E-state index contributed by atoms with van der Waals surface area (Å²) in [6, 6.07) is 0. The number of oxazole rings is 1. The lowest BCUT2D eigenvalue weighted by Crippen LogP contribution is -2.35. The van der Waals surface area contributed by atoms with Crippen LogP contribution in [0.5, 0.6) is 0 Å². The lowest BCUT2D eigenvalue weighted by molar-refractivity contribution is -0.0479. The van der Waals surface area contributed by atoms with Crippen LogP contribution in [-0.2, 0) is 6.54 Å². The molecule has 0 spiro atoms. The molecule has 1 rings (SSSR count). The van der Waals surface area contributed by atoms with Crippen LogP contribution in [0.15, 0.2) is 17.0 Å². The van der Waals surface area contributed by atoms with E-state index in [4.69, 9.17) is 9.52 Å². The van der Waals surface area contributed by atoms with Gasteiger partial charge in [-0.15, -0.1) is 0 Å². The zero-order chi connectivity index (χ0) is 9.73. The molecule has 2 N–H and O–H groups in total. The number of aromatic nitrogens is 1. The van der Waals surface area contributed by atoms with E-state index in [0.29, 0.717) is 5.76 Å². The van der Waals surface area contributed by atoms with Gasteiger partial charge in [0.05, 0.1) is 19.3 Å². The Hall–Kier alpha value is -1.01. The zero-order valence-electron chi connectivity index (χ0n) is 6.83. The van der Waals surface area contributed by atoms with Crippen LogP contribution in [0.3, 0.4) is 0 Å². The van der Waals surface area contributed by atoms with Gasteiger partial charge in [-0.3, -0.25) is 0 Å². The molecule has 0 saturated heterocycles. The topological polar surface area (TPSA) is 58.3 Å². The molecule has 0 aliphatic rings. The van der Waals surface area contributed by atoms with Crippen molar-refractivity contribution in [3.05, 3.63) is 18.4 Å². The first-order valence-electron chi connectivity index (χ1n) is 3.71. The summed E-state index contributed by atoms with van der Waals surface area (Å²) in [4.78, 5) is 3.61. The molecule has 0 aliphatic heterocycles. The number of nitrogens with one attached hydrogen (secondary N) is 1.